The number of hydrogen-bond acceptors (Lipinski definition) is 6. The quantitative estimate of drug-likeness (QED) is 0.627. The molecule has 0 aromatic rings. The van der Waals surface area contributed by atoms with Crippen LogP contribution in [0.3, 0.4) is 0 Å². The zero-order chi connectivity index (χ0) is 20.8. The van der Waals surface area contributed by atoms with Crippen molar-refractivity contribution in [3.05, 3.63) is 0 Å². The highest BCUT2D eigenvalue weighted by Gasteiger charge is 2.28. The van der Waals surface area contributed by atoms with E-state index in [9.17, 15) is 10.2 Å². The second-order valence-electron chi connectivity index (χ2n) is 10.4. The summed E-state index contributed by atoms with van der Waals surface area (Å²) in [7, 11) is 0. The van der Waals surface area contributed by atoms with Gasteiger partial charge in [0.2, 0.25) is 0 Å². The highest BCUT2D eigenvalue weighted by Crippen LogP contribution is 2.18. The predicted molar refractivity (Wildman–Crippen MR) is 119 cm³/mol. The van der Waals surface area contributed by atoms with Gasteiger partial charge in [-0.25, -0.2) is 0 Å². The van der Waals surface area contributed by atoms with Gasteiger partial charge < -0.3 is 20.0 Å². The number of aliphatic hydroxyl groups excluding tert-OH is 2. The van der Waals surface area contributed by atoms with E-state index < -0.39 is 0 Å². The molecule has 0 unspecified atom stereocenters. The minimum Gasteiger partial charge on any atom is -0.390 e. The van der Waals surface area contributed by atoms with Crippen LogP contribution in [-0.2, 0) is 0 Å². The Bertz CT molecular complexity index is 480. The number of piperazine rings is 1. The second-order valence-corrected chi connectivity index (χ2v) is 10.4. The van der Waals surface area contributed by atoms with E-state index in [1.165, 1.54) is 25.7 Å². The molecule has 0 radical (unpaired) electrons. The highest BCUT2D eigenvalue weighted by molar-refractivity contribution is 4.84. The molecular weight excluding hydrogens is 364 g/mol. The molecule has 0 aliphatic carbocycles. The van der Waals surface area contributed by atoms with Gasteiger partial charge in [-0.3, -0.25) is 9.80 Å². The van der Waals surface area contributed by atoms with Gasteiger partial charge in [0.1, 0.15) is 0 Å². The third-order valence-electron chi connectivity index (χ3n) is 7.18. The van der Waals surface area contributed by atoms with Crippen molar-refractivity contribution in [3.8, 4) is 0 Å². The molecule has 3 fully saturated rings. The molecule has 3 rings (SSSR count). The average molecular weight is 411 g/mol. The number of likely N-dealkylation sites (tertiary alicyclic amines) is 2. The van der Waals surface area contributed by atoms with Crippen molar-refractivity contribution in [1.29, 1.82) is 0 Å². The standard InChI is InChI=1S/C23H46N4O2/c1-19-6-4-8-24(12-19)15-22(28)16-26-10-11-27(21(3)14-26)18-23(29)17-25-9-5-7-20(2)13-25/h19-23,28-29H,4-18H2,1-3H3/t19-,20-,21+,22-,23+/m0/s1. The number of aliphatic hydroxyl groups is 2. The van der Waals surface area contributed by atoms with Crippen LogP contribution >= 0.6 is 0 Å². The van der Waals surface area contributed by atoms with Crippen LogP contribution in [0.25, 0.3) is 0 Å². The zero-order valence-corrected chi connectivity index (χ0v) is 19.2. The molecule has 5 atom stereocenters. The molecule has 29 heavy (non-hydrogen) atoms. The van der Waals surface area contributed by atoms with E-state index in [4.69, 9.17) is 0 Å². The maximum atomic E-state index is 10.6. The lowest BCUT2D eigenvalue weighted by molar-refractivity contribution is 0.00110. The molecule has 2 N–H and O–H groups in total. The Labute approximate surface area is 178 Å². The molecule has 3 heterocycles. The van der Waals surface area contributed by atoms with E-state index in [2.05, 4.69) is 40.4 Å². The summed E-state index contributed by atoms with van der Waals surface area (Å²) in [6.45, 7) is 17.6. The van der Waals surface area contributed by atoms with Gasteiger partial charge in [-0.05, 0) is 57.5 Å². The molecule has 0 bridgehead atoms. The Morgan fingerprint density at radius 2 is 1.14 bits per heavy atom. The number of piperidine rings is 2. The van der Waals surface area contributed by atoms with Crippen molar-refractivity contribution in [2.75, 3.05) is 72.0 Å². The first-order chi connectivity index (χ1) is 13.9. The SMILES string of the molecule is C[C@H]1CCCN(C[C@@H](O)CN2CCN(C[C@@H](O)CN3CCC[C@H](C)C3)C[C@H]2C)C1. The van der Waals surface area contributed by atoms with Crippen LogP contribution in [0.1, 0.15) is 46.5 Å². The summed E-state index contributed by atoms with van der Waals surface area (Å²) in [4.78, 5) is 9.74. The van der Waals surface area contributed by atoms with Gasteiger partial charge in [0, 0.05) is 64.9 Å². The van der Waals surface area contributed by atoms with Crippen molar-refractivity contribution in [2.45, 2.75) is 64.7 Å². The molecule has 0 saturated carbocycles. The Morgan fingerprint density at radius 3 is 1.62 bits per heavy atom. The summed E-state index contributed by atoms with van der Waals surface area (Å²) in [5.41, 5.74) is 0. The molecule has 170 valence electrons. The largest absolute Gasteiger partial charge is 0.390 e. The van der Waals surface area contributed by atoms with Crippen LogP contribution in [0.4, 0.5) is 0 Å². The molecule has 0 amide bonds. The Morgan fingerprint density at radius 1 is 0.655 bits per heavy atom. The van der Waals surface area contributed by atoms with Crippen molar-refractivity contribution < 1.29 is 10.2 Å². The monoisotopic (exact) mass is 410 g/mol. The maximum absolute atomic E-state index is 10.6. The topological polar surface area (TPSA) is 53.4 Å². The molecule has 0 spiro atoms. The van der Waals surface area contributed by atoms with Crippen LogP contribution in [0, 0.1) is 11.8 Å². The van der Waals surface area contributed by atoms with E-state index >= 15 is 0 Å². The van der Waals surface area contributed by atoms with E-state index in [1.807, 2.05) is 0 Å². The van der Waals surface area contributed by atoms with Gasteiger partial charge in [0.15, 0.2) is 0 Å². The zero-order valence-electron chi connectivity index (χ0n) is 19.2. The summed E-state index contributed by atoms with van der Waals surface area (Å²) >= 11 is 0. The fraction of sp³-hybridized carbons (Fsp3) is 1.00. The summed E-state index contributed by atoms with van der Waals surface area (Å²) < 4.78 is 0. The van der Waals surface area contributed by atoms with Crippen LogP contribution in [-0.4, -0.2) is 120 Å². The van der Waals surface area contributed by atoms with E-state index in [-0.39, 0.29) is 12.2 Å². The van der Waals surface area contributed by atoms with Crippen LogP contribution < -0.4 is 0 Å². The number of nitrogens with zero attached hydrogens (tertiary/aromatic N) is 4. The lowest BCUT2D eigenvalue weighted by atomic mass is 10.00. The van der Waals surface area contributed by atoms with Crippen LogP contribution in [0.5, 0.6) is 0 Å². The predicted octanol–water partition coefficient (Wildman–Crippen LogP) is 1.18. The molecule has 3 aliphatic rings. The normalized spacial score (nSPS) is 33.6. The van der Waals surface area contributed by atoms with Crippen molar-refractivity contribution in [2.24, 2.45) is 11.8 Å². The Kier molecular flexibility index (Phi) is 9.21. The molecule has 0 aromatic carbocycles. The summed E-state index contributed by atoms with van der Waals surface area (Å²) in [5.74, 6) is 1.53. The van der Waals surface area contributed by atoms with Gasteiger partial charge in [-0.2, -0.15) is 0 Å². The van der Waals surface area contributed by atoms with Gasteiger partial charge in [0.25, 0.3) is 0 Å². The molecule has 6 heteroatoms. The van der Waals surface area contributed by atoms with Crippen LogP contribution in [0.2, 0.25) is 0 Å². The van der Waals surface area contributed by atoms with Gasteiger partial charge in [0.05, 0.1) is 12.2 Å². The van der Waals surface area contributed by atoms with Crippen LogP contribution in [0.15, 0.2) is 0 Å². The first-order valence-corrected chi connectivity index (χ1v) is 12.2. The van der Waals surface area contributed by atoms with Gasteiger partial charge in [-0.15, -0.1) is 0 Å². The highest BCUT2D eigenvalue weighted by atomic mass is 16.3. The van der Waals surface area contributed by atoms with Crippen molar-refractivity contribution in [3.63, 3.8) is 0 Å². The smallest absolute Gasteiger partial charge is 0.0793 e. The first kappa shape index (κ1) is 23.4. The summed E-state index contributed by atoms with van der Waals surface area (Å²) in [6.07, 6.45) is 4.67. The van der Waals surface area contributed by atoms with Crippen molar-refractivity contribution >= 4 is 0 Å². The minimum atomic E-state index is -0.263. The molecule has 0 aromatic heterocycles. The maximum Gasteiger partial charge on any atom is 0.0793 e. The molecule has 6 nitrogen and oxygen atoms in total. The average Bonchev–Trinajstić information content (AvgIpc) is 2.64. The first-order valence-electron chi connectivity index (χ1n) is 12.2. The molecule has 3 aliphatic heterocycles. The molecule has 3 saturated heterocycles. The fourth-order valence-corrected chi connectivity index (χ4v) is 5.69. The third-order valence-corrected chi connectivity index (χ3v) is 7.18. The second kappa shape index (κ2) is 11.4. The lowest BCUT2D eigenvalue weighted by Crippen LogP contribution is -2.56. The summed E-state index contributed by atoms with van der Waals surface area (Å²) in [5, 5.41) is 21.2. The van der Waals surface area contributed by atoms with E-state index in [1.54, 1.807) is 0 Å². The van der Waals surface area contributed by atoms with E-state index in [0.717, 1.165) is 83.8 Å². The minimum absolute atomic E-state index is 0.259. The van der Waals surface area contributed by atoms with Crippen molar-refractivity contribution in [1.82, 2.24) is 19.6 Å². The summed E-state index contributed by atoms with van der Waals surface area (Å²) in [6, 6.07) is 0.431. The third kappa shape index (κ3) is 7.75. The number of β-amino-alcohol motifs (C(OH)–C–C–N with tert-alkyl or cyclic N) is 2. The van der Waals surface area contributed by atoms with E-state index in [0.29, 0.717) is 6.04 Å². The Hall–Kier alpha value is -0.240. The Balaban J connectivity index is 1.35. The molecular formula is C23H46N4O2. The fourth-order valence-electron chi connectivity index (χ4n) is 5.69. The number of hydrogen-bond donors (Lipinski definition) is 2. The van der Waals surface area contributed by atoms with Gasteiger partial charge in [-0.1, -0.05) is 13.8 Å². The number of rotatable bonds is 8. The lowest BCUT2D eigenvalue weighted by Gasteiger charge is -2.42. The van der Waals surface area contributed by atoms with Gasteiger partial charge >= 0.3 is 0 Å².